The second-order valence-corrected chi connectivity index (χ2v) is 12.0. The van der Waals surface area contributed by atoms with Gasteiger partial charge in [-0.05, 0) is 36.5 Å². The lowest BCUT2D eigenvalue weighted by molar-refractivity contribution is -0.154. The Labute approximate surface area is 204 Å². The molecule has 0 radical (unpaired) electrons. The summed E-state index contributed by atoms with van der Waals surface area (Å²) in [6.45, 7) is 11.4. The second kappa shape index (κ2) is 13.2. The third-order valence-corrected chi connectivity index (χ3v) is 6.77. The highest BCUT2D eigenvalue weighted by Crippen LogP contribution is 2.33. The van der Waals surface area contributed by atoms with Crippen molar-refractivity contribution in [3.05, 3.63) is 0 Å². The number of hydrogen-bond donors (Lipinski definition) is 3. The number of carboxylic acid groups (broad SMARTS) is 1. The fraction of sp³-hybridized carbons (Fsp3) is 0.846. The Balaban J connectivity index is 0.000000288. The minimum Gasteiger partial charge on any atom is -0.481 e. The highest BCUT2D eigenvalue weighted by atomic mass is 16.6. The zero-order valence-electron chi connectivity index (χ0n) is 21.9. The minimum atomic E-state index is -0.890. The Morgan fingerprint density at radius 2 is 1.50 bits per heavy atom. The summed E-state index contributed by atoms with van der Waals surface area (Å²) in [6, 6.07) is 0.807. The van der Waals surface area contributed by atoms with Gasteiger partial charge in [-0.25, -0.2) is 0 Å². The SMILES string of the molecule is CC(C)(C)[C@@H]1CC(=O)OC1=O.CC(C)(C)[C@H](CC(=O)NC1CCCC1)C(=O)O.NC1CCCC1. The molecule has 0 bridgehead atoms. The van der Waals surface area contributed by atoms with E-state index in [4.69, 9.17) is 10.8 Å². The first kappa shape index (κ1) is 30.1. The normalized spacial score (nSPS) is 22.3. The van der Waals surface area contributed by atoms with Gasteiger partial charge in [-0.3, -0.25) is 19.2 Å². The number of ether oxygens (including phenoxy) is 1. The number of amides is 1. The lowest BCUT2D eigenvalue weighted by Crippen LogP contribution is -2.38. The molecule has 34 heavy (non-hydrogen) atoms. The molecule has 0 unspecified atom stereocenters. The molecule has 0 aromatic heterocycles. The molecule has 1 saturated heterocycles. The summed E-state index contributed by atoms with van der Waals surface area (Å²) in [5, 5.41) is 12.1. The molecule has 3 fully saturated rings. The monoisotopic (exact) mass is 482 g/mol. The van der Waals surface area contributed by atoms with Crippen molar-refractivity contribution in [3.63, 3.8) is 0 Å². The Morgan fingerprint density at radius 3 is 1.79 bits per heavy atom. The molecule has 4 N–H and O–H groups in total. The number of rotatable bonds is 4. The van der Waals surface area contributed by atoms with Gasteiger partial charge in [0.15, 0.2) is 0 Å². The van der Waals surface area contributed by atoms with Crippen molar-refractivity contribution < 1.29 is 29.0 Å². The van der Waals surface area contributed by atoms with Gasteiger partial charge in [0, 0.05) is 18.5 Å². The van der Waals surface area contributed by atoms with Crippen molar-refractivity contribution in [2.24, 2.45) is 28.4 Å². The Bertz CT molecular complexity index is 695. The highest BCUT2D eigenvalue weighted by molar-refractivity contribution is 5.95. The fourth-order valence-corrected chi connectivity index (χ4v) is 4.40. The number of nitrogens with two attached hydrogens (primary N) is 1. The Morgan fingerprint density at radius 1 is 1.00 bits per heavy atom. The number of aliphatic carboxylic acids is 1. The number of carboxylic acids is 1. The van der Waals surface area contributed by atoms with Crippen LogP contribution in [0.4, 0.5) is 0 Å². The molecule has 0 spiro atoms. The third kappa shape index (κ3) is 11.0. The molecule has 2 saturated carbocycles. The van der Waals surface area contributed by atoms with Crippen molar-refractivity contribution in [2.45, 2.75) is 118 Å². The Hall–Kier alpha value is -1.96. The van der Waals surface area contributed by atoms with Crippen LogP contribution in [0.3, 0.4) is 0 Å². The second-order valence-electron chi connectivity index (χ2n) is 12.0. The quantitative estimate of drug-likeness (QED) is 0.404. The van der Waals surface area contributed by atoms with E-state index in [1.165, 1.54) is 25.7 Å². The van der Waals surface area contributed by atoms with Crippen LogP contribution in [-0.2, 0) is 23.9 Å². The molecule has 1 amide bonds. The lowest BCUT2D eigenvalue weighted by atomic mass is 9.78. The molecular weight excluding hydrogens is 436 g/mol. The van der Waals surface area contributed by atoms with Gasteiger partial charge in [0.2, 0.25) is 5.91 Å². The molecule has 1 aliphatic heterocycles. The van der Waals surface area contributed by atoms with Gasteiger partial charge in [0.05, 0.1) is 18.3 Å². The molecule has 196 valence electrons. The lowest BCUT2D eigenvalue weighted by Gasteiger charge is -2.27. The van der Waals surface area contributed by atoms with E-state index in [9.17, 15) is 19.2 Å². The van der Waals surface area contributed by atoms with Crippen molar-refractivity contribution >= 4 is 23.8 Å². The molecule has 2 atom stereocenters. The zero-order chi connectivity index (χ0) is 26.1. The van der Waals surface area contributed by atoms with Crippen LogP contribution >= 0.6 is 0 Å². The average Bonchev–Trinajstić information content (AvgIpc) is 3.42. The number of cyclic esters (lactones) is 2. The third-order valence-electron chi connectivity index (χ3n) is 6.77. The molecule has 8 nitrogen and oxygen atoms in total. The zero-order valence-corrected chi connectivity index (χ0v) is 21.9. The smallest absolute Gasteiger partial charge is 0.317 e. The highest BCUT2D eigenvalue weighted by Gasteiger charge is 2.41. The van der Waals surface area contributed by atoms with Gasteiger partial charge in [-0.15, -0.1) is 0 Å². The van der Waals surface area contributed by atoms with Crippen LogP contribution in [0.25, 0.3) is 0 Å². The van der Waals surface area contributed by atoms with E-state index in [2.05, 4.69) is 10.1 Å². The topological polar surface area (TPSA) is 136 Å². The van der Waals surface area contributed by atoms with Gasteiger partial charge in [-0.1, -0.05) is 67.2 Å². The van der Waals surface area contributed by atoms with Crippen LogP contribution in [-0.4, -0.2) is 41.0 Å². The van der Waals surface area contributed by atoms with Crippen LogP contribution in [0.15, 0.2) is 0 Å². The number of hydrogen-bond acceptors (Lipinski definition) is 6. The summed E-state index contributed by atoms with van der Waals surface area (Å²) < 4.78 is 4.42. The average molecular weight is 483 g/mol. The van der Waals surface area contributed by atoms with Crippen LogP contribution in [0, 0.1) is 22.7 Å². The van der Waals surface area contributed by atoms with Gasteiger partial charge in [0.25, 0.3) is 0 Å². The Kier molecular flexibility index (Phi) is 11.7. The van der Waals surface area contributed by atoms with E-state index in [1.54, 1.807) is 0 Å². The largest absolute Gasteiger partial charge is 0.481 e. The number of esters is 2. The van der Waals surface area contributed by atoms with Gasteiger partial charge < -0.3 is 20.9 Å². The molecule has 0 aromatic rings. The fourth-order valence-electron chi connectivity index (χ4n) is 4.40. The number of carbonyl (C=O) groups excluding carboxylic acids is 3. The minimum absolute atomic E-state index is 0.0787. The van der Waals surface area contributed by atoms with Crippen LogP contribution < -0.4 is 11.1 Å². The maximum Gasteiger partial charge on any atom is 0.317 e. The first-order valence-corrected chi connectivity index (χ1v) is 12.6. The predicted octanol–water partition coefficient (Wildman–Crippen LogP) is 4.19. The summed E-state index contributed by atoms with van der Waals surface area (Å²) in [5.41, 5.74) is 4.98. The van der Waals surface area contributed by atoms with Crippen molar-refractivity contribution in [1.29, 1.82) is 0 Å². The van der Waals surface area contributed by atoms with E-state index >= 15 is 0 Å². The van der Waals surface area contributed by atoms with Crippen molar-refractivity contribution in [1.82, 2.24) is 5.32 Å². The molecule has 8 heteroatoms. The van der Waals surface area contributed by atoms with E-state index in [0.717, 1.165) is 25.7 Å². The number of carbonyl (C=O) groups is 4. The molecule has 1 heterocycles. The molecule has 3 aliphatic rings. The predicted molar refractivity (Wildman–Crippen MR) is 131 cm³/mol. The molecule has 0 aromatic carbocycles. The summed E-state index contributed by atoms with van der Waals surface area (Å²) in [5.74, 6) is -2.66. The standard InChI is InChI=1S/C13H23NO3.C8H12O3.C5H11N/c1-13(2,3)10(12(16)17)8-11(15)14-9-6-4-5-7-9;1-8(2,3)5-4-6(9)11-7(5)10;6-5-3-1-2-4-5/h9-10H,4-8H2,1-3H3,(H,14,15)(H,16,17);5H,4H2,1-3H3;5H,1-4,6H2/t10-;5-;/m11./s1. The molecular formula is C26H46N2O6. The number of nitrogens with one attached hydrogen (secondary N) is 1. The first-order chi connectivity index (χ1) is 15.6. The van der Waals surface area contributed by atoms with Crippen LogP contribution in [0.2, 0.25) is 0 Å². The molecule has 2 aliphatic carbocycles. The van der Waals surface area contributed by atoms with Gasteiger partial charge >= 0.3 is 17.9 Å². The summed E-state index contributed by atoms with van der Waals surface area (Å²) in [6.07, 6.45) is 9.94. The first-order valence-electron chi connectivity index (χ1n) is 12.6. The summed E-state index contributed by atoms with van der Waals surface area (Å²) in [4.78, 5) is 44.6. The van der Waals surface area contributed by atoms with E-state index in [-0.39, 0.29) is 42.1 Å². The van der Waals surface area contributed by atoms with Gasteiger partial charge in [0.1, 0.15) is 0 Å². The van der Waals surface area contributed by atoms with E-state index < -0.39 is 23.3 Å². The maximum atomic E-state index is 11.8. The van der Waals surface area contributed by atoms with Crippen molar-refractivity contribution in [2.75, 3.05) is 0 Å². The van der Waals surface area contributed by atoms with Crippen LogP contribution in [0.5, 0.6) is 0 Å². The molecule has 3 rings (SSSR count). The van der Waals surface area contributed by atoms with Crippen LogP contribution in [0.1, 0.15) is 106 Å². The van der Waals surface area contributed by atoms with E-state index in [1.807, 2.05) is 41.5 Å². The summed E-state index contributed by atoms with van der Waals surface area (Å²) in [7, 11) is 0. The maximum absolute atomic E-state index is 11.8. The van der Waals surface area contributed by atoms with E-state index in [0.29, 0.717) is 6.04 Å². The van der Waals surface area contributed by atoms with Gasteiger partial charge in [-0.2, -0.15) is 0 Å². The summed E-state index contributed by atoms with van der Waals surface area (Å²) >= 11 is 0. The van der Waals surface area contributed by atoms with Crippen molar-refractivity contribution in [3.8, 4) is 0 Å².